The lowest BCUT2D eigenvalue weighted by Crippen LogP contribution is -2.24. The fraction of sp³-hybridized carbons (Fsp3) is 0.125. The lowest BCUT2D eigenvalue weighted by Gasteiger charge is -2.13. The maximum Gasteiger partial charge on any atom is 0.184 e. The van der Waals surface area contributed by atoms with E-state index in [0.717, 1.165) is 11.1 Å². The standard InChI is InChI=1S/C16H17N3O2S/c1-20-14-9-5-8-13(10-18-19-16(17)22)15(14)21-11-12-6-3-2-4-7-12/h2-10H,11H2,1H3,(H3,17,19,22)/b18-10+. The molecule has 0 saturated carbocycles. The van der Waals surface area contributed by atoms with Crippen LogP contribution in [0.5, 0.6) is 11.5 Å². The maximum absolute atomic E-state index is 5.89. The Bertz CT molecular complexity index is 660. The van der Waals surface area contributed by atoms with E-state index in [9.17, 15) is 0 Å². The summed E-state index contributed by atoms with van der Waals surface area (Å²) in [5.41, 5.74) is 9.68. The Hall–Kier alpha value is -2.60. The number of methoxy groups -OCH3 is 1. The Labute approximate surface area is 134 Å². The number of rotatable bonds is 6. The number of thiocarbonyl (C=S) groups is 1. The Morgan fingerprint density at radius 3 is 2.68 bits per heavy atom. The molecule has 2 aromatic rings. The van der Waals surface area contributed by atoms with E-state index in [2.05, 4.69) is 10.5 Å². The van der Waals surface area contributed by atoms with Crippen LogP contribution in [0.15, 0.2) is 53.6 Å². The van der Waals surface area contributed by atoms with E-state index in [-0.39, 0.29) is 5.11 Å². The van der Waals surface area contributed by atoms with Gasteiger partial charge in [0.1, 0.15) is 6.61 Å². The van der Waals surface area contributed by atoms with Gasteiger partial charge in [-0.05, 0) is 29.9 Å². The van der Waals surface area contributed by atoms with Crippen molar-refractivity contribution >= 4 is 23.5 Å². The molecule has 2 aromatic carbocycles. The highest BCUT2D eigenvalue weighted by atomic mass is 32.1. The average molecular weight is 315 g/mol. The molecule has 0 atom stereocenters. The summed E-state index contributed by atoms with van der Waals surface area (Å²) < 4.78 is 11.2. The summed E-state index contributed by atoms with van der Waals surface area (Å²) in [6.45, 7) is 0.435. The van der Waals surface area contributed by atoms with Gasteiger partial charge in [0.05, 0.1) is 13.3 Å². The third kappa shape index (κ3) is 4.46. The largest absolute Gasteiger partial charge is 0.493 e. The highest BCUT2D eigenvalue weighted by Crippen LogP contribution is 2.30. The molecule has 0 unspecified atom stereocenters. The lowest BCUT2D eigenvalue weighted by molar-refractivity contribution is 0.284. The van der Waals surface area contributed by atoms with Gasteiger partial charge in [-0.2, -0.15) is 5.10 Å². The van der Waals surface area contributed by atoms with Crippen molar-refractivity contribution in [2.24, 2.45) is 10.8 Å². The van der Waals surface area contributed by atoms with Gasteiger partial charge < -0.3 is 15.2 Å². The second-order valence-corrected chi connectivity index (χ2v) is 4.83. The Kier molecular flexibility index (Phi) is 5.73. The summed E-state index contributed by atoms with van der Waals surface area (Å²) in [6, 6.07) is 15.5. The first-order valence-corrected chi connectivity index (χ1v) is 7.03. The smallest absolute Gasteiger partial charge is 0.184 e. The van der Waals surface area contributed by atoms with Crippen LogP contribution in [0, 0.1) is 0 Å². The first-order valence-electron chi connectivity index (χ1n) is 6.63. The van der Waals surface area contributed by atoms with Gasteiger partial charge in [-0.25, -0.2) is 0 Å². The summed E-state index contributed by atoms with van der Waals surface area (Å²) in [5.74, 6) is 1.25. The molecule has 22 heavy (non-hydrogen) atoms. The van der Waals surface area contributed by atoms with E-state index in [1.165, 1.54) is 0 Å². The molecule has 114 valence electrons. The normalized spacial score (nSPS) is 10.4. The van der Waals surface area contributed by atoms with E-state index in [1.807, 2.05) is 48.5 Å². The lowest BCUT2D eigenvalue weighted by atomic mass is 10.2. The van der Waals surface area contributed by atoms with Gasteiger partial charge in [0.25, 0.3) is 0 Å². The molecule has 0 bridgehead atoms. The molecule has 0 amide bonds. The molecule has 0 aliphatic carbocycles. The van der Waals surface area contributed by atoms with Gasteiger partial charge in [-0.15, -0.1) is 0 Å². The topological polar surface area (TPSA) is 68.9 Å². The number of nitrogens with two attached hydrogens (primary N) is 1. The molecule has 0 fully saturated rings. The Morgan fingerprint density at radius 1 is 1.23 bits per heavy atom. The summed E-state index contributed by atoms with van der Waals surface area (Å²) in [4.78, 5) is 0. The van der Waals surface area contributed by atoms with Gasteiger partial charge in [0, 0.05) is 5.56 Å². The van der Waals surface area contributed by atoms with Crippen molar-refractivity contribution in [3.8, 4) is 11.5 Å². The molecule has 2 rings (SSSR count). The molecule has 5 nitrogen and oxygen atoms in total. The minimum atomic E-state index is 0.103. The van der Waals surface area contributed by atoms with Crippen LogP contribution in [-0.2, 0) is 6.61 Å². The van der Waals surface area contributed by atoms with Gasteiger partial charge >= 0.3 is 0 Å². The minimum absolute atomic E-state index is 0.103. The third-order valence-corrected chi connectivity index (χ3v) is 2.92. The van der Waals surface area contributed by atoms with Crippen LogP contribution in [0.1, 0.15) is 11.1 Å². The van der Waals surface area contributed by atoms with Crippen LogP contribution in [-0.4, -0.2) is 18.4 Å². The monoisotopic (exact) mass is 315 g/mol. The summed E-state index contributed by atoms with van der Waals surface area (Å²) in [7, 11) is 1.60. The molecule has 0 aliphatic heterocycles. The SMILES string of the molecule is COc1cccc(/C=N/NC(N)=S)c1OCc1ccccc1. The van der Waals surface area contributed by atoms with Crippen molar-refractivity contribution in [2.75, 3.05) is 7.11 Å². The molecule has 0 heterocycles. The van der Waals surface area contributed by atoms with Crippen molar-refractivity contribution in [1.82, 2.24) is 5.43 Å². The first kappa shape index (κ1) is 15.8. The highest BCUT2D eigenvalue weighted by molar-refractivity contribution is 7.80. The molecule has 6 heteroatoms. The number of nitrogens with one attached hydrogen (secondary N) is 1. The van der Waals surface area contributed by atoms with Gasteiger partial charge in [-0.3, -0.25) is 5.43 Å². The zero-order valence-corrected chi connectivity index (χ0v) is 13.0. The number of hydrogen-bond donors (Lipinski definition) is 2. The second kappa shape index (κ2) is 7.99. The molecular formula is C16H17N3O2S. The van der Waals surface area contributed by atoms with E-state index in [0.29, 0.717) is 18.1 Å². The van der Waals surface area contributed by atoms with E-state index in [4.69, 9.17) is 27.4 Å². The van der Waals surface area contributed by atoms with Crippen molar-refractivity contribution in [2.45, 2.75) is 6.61 Å². The summed E-state index contributed by atoms with van der Waals surface area (Å²) >= 11 is 4.70. The van der Waals surface area contributed by atoms with Crippen LogP contribution in [0.3, 0.4) is 0 Å². The van der Waals surface area contributed by atoms with Crippen molar-refractivity contribution in [3.63, 3.8) is 0 Å². The van der Waals surface area contributed by atoms with Crippen LogP contribution >= 0.6 is 12.2 Å². The quantitative estimate of drug-likeness (QED) is 0.487. The fourth-order valence-electron chi connectivity index (χ4n) is 1.84. The van der Waals surface area contributed by atoms with Crippen molar-refractivity contribution in [3.05, 3.63) is 59.7 Å². The average Bonchev–Trinajstić information content (AvgIpc) is 2.54. The summed E-state index contributed by atoms with van der Waals surface area (Å²) in [6.07, 6.45) is 1.59. The third-order valence-electron chi connectivity index (χ3n) is 2.83. The van der Waals surface area contributed by atoms with Crippen LogP contribution in [0.2, 0.25) is 0 Å². The number of nitrogens with zero attached hydrogens (tertiary/aromatic N) is 1. The zero-order valence-electron chi connectivity index (χ0n) is 12.2. The van der Waals surface area contributed by atoms with Crippen LogP contribution in [0.4, 0.5) is 0 Å². The maximum atomic E-state index is 5.89. The highest BCUT2D eigenvalue weighted by Gasteiger charge is 2.09. The minimum Gasteiger partial charge on any atom is -0.493 e. The number of hydrogen-bond acceptors (Lipinski definition) is 4. The molecular weight excluding hydrogens is 298 g/mol. The van der Waals surface area contributed by atoms with Gasteiger partial charge in [0.15, 0.2) is 16.6 Å². The molecule has 3 N–H and O–H groups in total. The molecule has 0 aliphatic rings. The number of para-hydroxylation sites is 1. The van der Waals surface area contributed by atoms with Crippen LogP contribution in [0.25, 0.3) is 0 Å². The predicted octanol–water partition coefficient (Wildman–Crippen LogP) is 2.44. The summed E-state index contributed by atoms with van der Waals surface area (Å²) in [5, 5.41) is 4.06. The van der Waals surface area contributed by atoms with E-state index < -0.39 is 0 Å². The second-order valence-electron chi connectivity index (χ2n) is 4.39. The van der Waals surface area contributed by atoms with Gasteiger partial charge in [0.2, 0.25) is 0 Å². The molecule has 0 radical (unpaired) electrons. The fourth-order valence-corrected chi connectivity index (χ4v) is 1.90. The van der Waals surface area contributed by atoms with Crippen LogP contribution < -0.4 is 20.6 Å². The number of hydrazone groups is 1. The number of ether oxygens (including phenoxy) is 2. The molecule has 0 saturated heterocycles. The Balaban J connectivity index is 2.19. The molecule has 0 aromatic heterocycles. The van der Waals surface area contributed by atoms with E-state index in [1.54, 1.807) is 13.3 Å². The zero-order chi connectivity index (χ0) is 15.8. The van der Waals surface area contributed by atoms with Crippen molar-refractivity contribution in [1.29, 1.82) is 0 Å². The Morgan fingerprint density at radius 2 is 2.00 bits per heavy atom. The first-order chi connectivity index (χ1) is 10.7. The van der Waals surface area contributed by atoms with Gasteiger partial charge in [-0.1, -0.05) is 36.4 Å². The predicted molar refractivity (Wildman–Crippen MR) is 91.3 cm³/mol. The molecule has 0 spiro atoms. The van der Waals surface area contributed by atoms with E-state index >= 15 is 0 Å². The number of benzene rings is 2. The van der Waals surface area contributed by atoms with Crippen molar-refractivity contribution < 1.29 is 9.47 Å².